The van der Waals surface area contributed by atoms with Crippen LogP contribution in [0, 0.1) is 0 Å². The van der Waals surface area contributed by atoms with Gasteiger partial charge in [0.05, 0.1) is 12.7 Å². The van der Waals surface area contributed by atoms with Crippen LogP contribution in [0.15, 0.2) is 0 Å². The lowest BCUT2D eigenvalue weighted by atomic mass is 10.2. The quantitative estimate of drug-likeness (QED) is 0.255. The van der Waals surface area contributed by atoms with E-state index in [-0.39, 0.29) is 12.0 Å². The van der Waals surface area contributed by atoms with E-state index in [1.165, 1.54) is 0 Å². The molecule has 1 amide bonds. The molecule has 16 heavy (non-hydrogen) atoms. The average molecular weight is 232 g/mol. The molecule has 5 nitrogen and oxygen atoms in total. The minimum atomic E-state index is -0.106. The normalized spacial score (nSPS) is 12.4. The number of rotatable bonds is 10. The summed E-state index contributed by atoms with van der Waals surface area (Å²) >= 11 is 0. The highest BCUT2D eigenvalue weighted by Crippen LogP contribution is 2.01. The van der Waals surface area contributed by atoms with Crippen molar-refractivity contribution in [2.75, 3.05) is 19.8 Å². The summed E-state index contributed by atoms with van der Waals surface area (Å²) in [6, 6.07) is 0. The molecule has 0 aliphatic rings. The van der Waals surface area contributed by atoms with Crippen LogP contribution in [0.2, 0.25) is 0 Å². The summed E-state index contributed by atoms with van der Waals surface area (Å²) in [5.41, 5.74) is 2.11. The number of hydrazine groups is 1. The van der Waals surface area contributed by atoms with E-state index in [9.17, 15) is 4.79 Å². The lowest BCUT2D eigenvalue weighted by Gasteiger charge is -2.12. The van der Waals surface area contributed by atoms with Crippen molar-refractivity contribution in [2.24, 2.45) is 5.84 Å². The van der Waals surface area contributed by atoms with E-state index in [2.05, 4.69) is 5.43 Å². The number of nitrogens with one attached hydrogen (secondary N) is 1. The predicted molar refractivity (Wildman–Crippen MR) is 62.7 cm³/mol. The Bertz CT molecular complexity index is 177. The monoisotopic (exact) mass is 232 g/mol. The number of unbranched alkanes of at least 4 members (excludes halogenated alkanes) is 2. The van der Waals surface area contributed by atoms with Gasteiger partial charge in [0, 0.05) is 19.6 Å². The summed E-state index contributed by atoms with van der Waals surface area (Å²) in [4.78, 5) is 10.8. The maximum absolute atomic E-state index is 10.8. The summed E-state index contributed by atoms with van der Waals surface area (Å²) in [5.74, 6) is 4.86. The van der Waals surface area contributed by atoms with Crippen LogP contribution < -0.4 is 11.3 Å². The van der Waals surface area contributed by atoms with Crippen LogP contribution in [0.25, 0.3) is 0 Å². The summed E-state index contributed by atoms with van der Waals surface area (Å²) in [6.45, 7) is 6.05. The minimum absolute atomic E-state index is 0.106. The van der Waals surface area contributed by atoms with E-state index in [1.54, 1.807) is 0 Å². The molecule has 0 aromatic heterocycles. The zero-order valence-electron chi connectivity index (χ0n) is 10.3. The number of hydrogen-bond acceptors (Lipinski definition) is 4. The second kappa shape index (κ2) is 10.9. The zero-order chi connectivity index (χ0) is 12.2. The number of carbonyl (C=O) groups excluding carboxylic acids is 1. The molecule has 0 spiro atoms. The molecular weight excluding hydrogens is 208 g/mol. The lowest BCUT2D eigenvalue weighted by molar-refractivity contribution is -0.121. The van der Waals surface area contributed by atoms with Crippen LogP contribution in [0.1, 0.15) is 39.5 Å². The first kappa shape index (κ1) is 15.3. The van der Waals surface area contributed by atoms with Crippen molar-refractivity contribution in [2.45, 2.75) is 45.6 Å². The van der Waals surface area contributed by atoms with Gasteiger partial charge < -0.3 is 9.47 Å². The first-order valence-corrected chi connectivity index (χ1v) is 5.89. The highest BCUT2D eigenvalue weighted by Gasteiger charge is 2.01. The van der Waals surface area contributed by atoms with Gasteiger partial charge in [-0.15, -0.1) is 0 Å². The fourth-order valence-electron chi connectivity index (χ4n) is 1.25. The largest absolute Gasteiger partial charge is 0.379 e. The van der Waals surface area contributed by atoms with Gasteiger partial charge in [0.25, 0.3) is 0 Å². The van der Waals surface area contributed by atoms with Crippen molar-refractivity contribution < 1.29 is 14.3 Å². The van der Waals surface area contributed by atoms with Crippen LogP contribution in [0.5, 0.6) is 0 Å². The van der Waals surface area contributed by atoms with Gasteiger partial charge in [-0.3, -0.25) is 10.2 Å². The smallest absolute Gasteiger partial charge is 0.233 e. The molecule has 0 aromatic rings. The second-order valence-corrected chi connectivity index (χ2v) is 3.72. The highest BCUT2D eigenvalue weighted by molar-refractivity contribution is 5.74. The highest BCUT2D eigenvalue weighted by atomic mass is 16.5. The van der Waals surface area contributed by atoms with E-state index >= 15 is 0 Å². The molecule has 0 heterocycles. The van der Waals surface area contributed by atoms with Crippen molar-refractivity contribution in [3.63, 3.8) is 0 Å². The molecular formula is C11H24N2O3. The number of amides is 1. The van der Waals surface area contributed by atoms with Crippen molar-refractivity contribution in [1.29, 1.82) is 0 Å². The Balaban J connectivity index is 3.17. The molecule has 0 rings (SSSR count). The molecule has 0 saturated carbocycles. The molecule has 5 heteroatoms. The van der Waals surface area contributed by atoms with Crippen LogP contribution in [-0.2, 0) is 14.3 Å². The van der Waals surface area contributed by atoms with Crippen LogP contribution in [-0.4, -0.2) is 31.8 Å². The van der Waals surface area contributed by atoms with Crippen molar-refractivity contribution in [1.82, 2.24) is 5.43 Å². The Labute approximate surface area is 97.6 Å². The van der Waals surface area contributed by atoms with Gasteiger partial charge in [-0.1, -0.05) is 6.42 Å². The topological polar surface area (TPSA) is 73.6 Å². The molecule has 0 aromatic carbocycles. The first-order chi connectivity index (χ1) is 7.70. The van der Waals surface area contributed by atoms with E-state index in [0.717, 1.165) is 32.5 Å². The predicted octanol–water partition coefficient (Wildman–Crippen LogP) is 0.978. The van der Waals surface area contributed by atoms with Crippen molar-refractivity contribution in [3.05, 3.63) is 0 Å². The van der Waals surface area contributed by atoms with Gasteiger partial charge in [0.1, 0.15) is 0 Å². The SMILES string of the molecule is CCOCC(C)OCCCCCC(=O)NN. The zero-order valence-corrected chi connectivity index (χ0v) is 10.3. The van der Waals surface area contributed by atoms with E-state index < -0.39 is 0 Å². The molecule has 0 aliphatic carbocycles. The summed E-state index contributed by atoms with van der Waals surface area (Å²) in [5, 5.41) is 0. The summed E-state index contributed by atoms with van der Waals surface area (Å²) in [7, 11) is 0. The third-order valence-corrected chi connectivity index (χ3v) is 2.17. The van der Waals surface area contributed by atoms with Gasteiger partial charge in [-0.2, -0.15) is 0 Å². The van der Waals surface area contributed by atoms with E-state index in [1.807, 2.05) is 13.8 Å². The molecule has 0 radical (unpaired) electrons. The molecule has 0 aliphatic heterocycles. The second-order valence-electron chi connectivity index (χ2n) is 3.72. The third-order valence-electron chi connectivity index (χ3n) is 2.17. The van der Waals surface area contributed by atoms with Crippen molar-refractivity contribution >= 4 is 5.91 Å². The van der Waals surface area contributed by atoms with E-state index in [4.69, 9.17) is 15.3 Å². The molecule has 0 saturated heterocycles. The maximum Gasteiger partial charge on any atom is 0.233 e. The fourth-order valence-corrected chi connectivity index (χ4v) is 1.25. The Morgan fingerprint density at radius 1 is 1.38 bits per heavy atom. The van der Waals surface area contributed by atoms with Crippen molar-refractivity contribution in [3.8, 4) is 0 Å². The van der Waals surface area contributed by atoms with Gasteiger partial charge in [-0.05, 0) is 26.7 Å². The lowest BCUT2D eigenvalue weighted by Crippen LogP contribution is -2.29. The van der Waals surface area contributed by atoms with Gasteiger partial charge in [-0.25, -0.2) is 5.84 Å². The van der Waals surface area contributed by atoms with Gasteiger partial charge in [0.15, 0.2) is 0 Å². The molecule has 1 unspecified atom stereocenters. The standard InChI is InChI=1S/C11H24N2O3/c1-3-15-9-10(2)16-8-6-4-5-7-11(14)13-12/h10H,3-9,12H2,1-2H3,(H,13,14). The van der Waals surface area contributed by atoms with Crippen LogP contribution in [0.3, 0.4) is 0 Å². The third kappa shape index (κ3) is 9.89. The number of ether oxygens (including phenoxy) is 2. The average Bonchev–Trinajstić information content (AvgIpc) is 2.30. The molecule has 1 atom stereocenters. The Hall–Kier alpha value is -0.650. The summed E-state index contributed by atoms with van der Waals surface area (Å²) in [6.07, 6.45) is 3.44. The molecule has 3 N–H and O–H groups in total. The Morgan fingerprint density at radius 2 is 2.12 bits per heavy atom. The molecule has 0 fully saturated rings. The number of carbonyl (C=O) groups is 1. The Morgan fingerprint density at radius 3 is 2.75 bits per heavy atom. The van der Waals surface area contributed by atoms with Gasteiger partial charge in [0.2, 0.25) is 5.91 Å². The number of hydrogen-bond donors (Lipinski definition) is 2. The first-order valence-electron chi connectivity index (χ1n) is 5.89. The van der Waals surface area contributed by atoms with Crippen LogP contribution >= 0.6 is 0 Å². The maximum atomic E-state index is 10.8. The van der Waals surface area contributed by atoms with E-state index in [0.29, 0.717) is 13.0 Å². The van der Waals surface area contributed by atoms with Crippen LogP contribution in [0.4, 0.5) is 0 Å². The van der Waals surface area contributed by atoms with Gasteiger partial charge >= 0.3 is 0 Å². The Kier molecular flexibility index (Phi) is 10.4. The minimum Gasteiger partial charge on any atom is -0.379 e. The fraction of sp³-hybridized carbons (Fsp3) is 0.909. The molecule has 96 valence electrons. The number of nitrogens with two attached hydrogens (primary N) is 1. The molecule has 0 bridgehead atoms. The summed E-state index contributed by atoms with van der Waals surface area (Å²) < 4.78 is 10.8.